The first-order valence-corrected chi connectivity index (χ1v) is 6.72. The highest BCUT2D eigenvalue weighted by Gasteiger charge is 2.21. The number of para-hydroxylation sites is 2. The molecule has 1 aromatic carbocycles. The highest BCUT2D eigenvalue weighted by molar-refractivity contribution is 6.17. The third-order valence-electron chi connectivity index (χ3n) is 2.89. The number of aryl methyl sites for hydroxylation is 1. The van der Waals surface area contributed by atoms with Gasteiger partial charge in [-0.2, -0.15) is 0 Å². The van der Waals surface area contributed by atoms with Crippen molar-refractivity contribution in [2.24, 2.45) is 0 Å². The normalized spacial score (nSPS) is 17.4. The van der Waals surface area contributed by atoms with Gasteiger partial charge in [0.05, 0.1) is 12.2 Å². The summed E-state index contributed by atoms with van der Waals surface area (Å²) >= 11 is 5.67. The molecular weight excluding hydrogens is 266 g/mol. The van der Waals surface area contributed by atoms with Crippen molar-refractivity contribution in [3.05, 3.63) is 36.2 Å². The topological polar surface area (TPSA) is 49.2 Å². The molecule has 0 N–H and O–H groups in total. The second kappa shape index (κ2) is 5.48. The standard InChI is InChI=1S/C13H14ClN3O2/c14-6-5-10-7-17(16-15-10)8-11-9-18-12-3-1-2-4-13(12)19-11/h1-4,7,11H,5-6,8-9H2. The molecule has 1 unspecified atom stereocenters. The third kappa shape index (κ3) is 2.81. The van der Waals surface area contributed by atoms with Crippen LogP contribution in [-0.2, 0) is 13.0 Å². The van der Waals surface area contributed by atoms with Crippen molar-refractivity contribution in [3.63, 3.8) is 0 Å². The molecule has 1 aromatic heterocycles. The number of halogens is 1. The van der Waals surface area contributed by atoms with Crippen LogP contribution in [0.2, 0.25) is 0 Å². The van der Waals surface area contributed by atoms with Gasteiger partial charge in [-0.05, 0) is 12.1 Å². The van der Waals surface area contributed by atoms with Crippen LogP contribution < -0.4 is 9.47 Å². The van der Waals surface area contributed by atoms with Gasteiger partial charge in [-0.3, -0.25) is 0 Å². The van der Waals surface area contributed by atoms with Gasteiger partial charge in [0, 0.05) is 18.5 Å². The van der Waals surface area contributed by atoms with Gasteiger partial charge in [-0.1, -0.05) is 17.3 Å². The maximum absolute atomic E-state index is 5.87. The van der Waals surface area contributed by atoms with Gasteiger partial charge in [0.2, 0.25) is 0 Å². The summed E-state index contributed by atoms with van der Waals surface area (Å²) < 4.78 is 13.3. The van der Waals surface area contributed by atoms with Gasteiger partial charge >= 0.3 is 0 Å². The molecule has 2 heterocycles. The average Bonchev–Trinajstić information content (AvgIpc) is 2.86. The molecule has 3 rings (SSSR count). The maximum Gasteiger partial charge on any atom is 0.161 e. The fraction of sp³-hybridized carbons (Fsp3) is 0.385. The molecule has 1 aliphatic rings. The van der Waals surface area contributed by atoms with Crippen LogP contribution in [0.4, 0.5) is 0 Å². The fourth-order valence-corrected chi connectivity index (χ4v) is 2.19. The molecule has 19 heavy (non-hydrogen) atoms. The zero-order chi connectivity index (χ0) is 13.1. The molecule has 0 fully saturated rings. The van der Waals surface area contributed by atoms with Crippen molar-refractivity contribution < 1.29 is 9.47 Å². The predicted octanol–water partition coefficient (Wildman–Crippen LogP) is 1.90. The Bertz CT molecular complexity index is 558. The lowest BCUT2D eigenvalue weighted by Crippen LogP contribution is -2.33. The summed E-state index contributed by atoms with van der Waals surface area (Å²) in [5.74, 6) is 2.12. The van der Waals surface area contributed by atoms with E-state index in [1.807, 2.05) is 30.5 Å². The van der Waals surface area contributed by atoms with Crippen LogP contribution in [-0.4, -0.2) is 33.6 Å². The van der Waals surface area contributed by atoms with Crippen LogP contribution in [0.1, 0.15) is 5.69 Å². The molecule has 0 radical (unpaired) electrons. The lowest BCUT2D eigenvalue weighted by molar-refractivity contribution is 0.0755. The number of rotatable bonds is 4. The molecule has 5 nitrogen and oxygen atoms in total. The summed E-state index contributed by atoms with van der Waals surface area (Å²) in [5, 5.41) is 8.11. The van der Waals surface area contributed by atoms with Crippen LogP contribution in [0.15, 0.2) is 30.5 Å². The first-order chi connectivity index (χ1) is 9.35. The van der Waals surface area contributed by atoms with Crippen LogP contribution in [0.25, 0.3) is 0 Å². The predicted molar refractivity (Wildman–Crippen MR) is 70.8 cm³/mol. The number of aromatic nitrogens is 3. The zero-order valence-electron chi connectivity index (χ0n) is 10.3. The van der Waals surface area contributed by atoms with Gasteiger partial charge in [-0.15, -0.1) is 16.7 Å². The van der Waals surface area contributed by atoms with E-state index >= 15 is 0 Å². The monoisotopic (exact) mass is 279 g/mol. The number of nitrogens with zero attached hydrogens (tertiary/aromatic N) is 3. The first-order valence-electron chi connectivity index (χ1n) is 6.18. The minimum atomic E-state index is -0.0551. The molecule has 0 saturated carbocycles. The van der Waals surface area contributed by atoms with Crippen molar-refractivity contribution in [3.8, 4) is 11.5 Å². The Kier molecular flexibility index (Phi) is 3.55. The van der Waals surface area contributed by atoms with Crippen molar-refractivity contribution in [1.82, 2.24) is 15.0 Å². The van der Waals surface area contributed by atoms with Crippen LogP contribution in [0.3, 0.4) is 0 Å². The Morgan fingerprint density at radius 3 is 3.00 bits per heavy atom. The van der Waals surface area contributed by atoms with Gasteiger partial charge in [0.25, 0.3) is 0 Å². The summed E-state index contributed by atoms with van der Waals surface area (Å²) in [6, 6.07) is 7.67. The van der Waals surface area contributed by atoms with E-state index in [0.29, 0.717) is 19.0 Å². The van der Waals surface area contributed by atoms with Crippen molar-refractivity contribution in [2.45, 2.75) is 19.1 Å². The number of ether oxygens (including phenoxy) is 2. The van der Waals surface area contributed by atoms with Crippen LogP contribution in [0, 0.1) is 0 Å². The van der Waals surface area contributed by atoms with E-state index < -0.39 is 0 Å². The largest absolute Gasteiger partial charge is 0.486 e. The fourth-order valence-electron chi connectivity index (χ4n) is 2.00. The minimum Gasteiger partial charge on any atom is -0.486 e. The molecule has 0 saturated heterocycles. The molecule has 1 aliphatic heterocycles. The molecule has 1 atom stereocenters. The van der Waals surface area contributed by atoms with E-state index in [2.05, 4.69) is 10.3 Å². The summed E-state index contributed by atoms with van der Waals surface area (Å²) in [7, 11) is 0. The highest BCUT2D eigenvalue weighted by Crippen LogP contribution is 2.31. The summed E-state index contributed by atoms with van der Waals surface area (Å²) in [4.78, 5) is 0. The van der Waals surface area contributed by atoms with Crippen molar-refractivity contribution in [1.29, 1.82) is 0 Å². The lowest BCUT2D eigenvalue weighted by atomic mass is 10.2. The average molecular weight is 280 g/mol. The molecule has 6 heteroatoms. The number of fused-ring (bicyclic) bond motifs is 1. The Hall–Kier alpha value is -1.75. The second-order valence-electron chi connectivity index (χ2n) is 4.37. The Morgan fingerprint density at radius 1 is 1.32 bits per heavy atom. The Balaban J connectivity index is 1.65. The molecule has 0 spiro atoms. The van der Waals surface area contributed by atoms with E-state index in [1.165, 1.54) is 0 Å². The number of alkyl halides is 1. The van der Waals surface area contributed by atoms with Crippen molar-refractivity contribution >= 4 is 11.6 Å². The number of hydrogen-bond acceptors (Lipinski definition) is 4. The number of hydrogen-bond donors (Lipinski definition) is 0. The van der Waals surface area contributed by atoms with Crippen LogP contribution in [0.5, 0.6) is 11.5 Å². The minimum absolute atomic E-state index is 0.0551. The summed E-state index contributed by atoms with van der Waals surface area (Å²) in [6.07, 6.45) is 2.57. The van der Waals surface area contributed by atoms with E-state index in [-0.39, 0.29) is 6.10 Å². The molecule has 0 aliphatic carbocycles. The highest BCUT2D eigenvalue weighted by atomic mass is 35.5. The quantitative estimate of drug-likeness (QED) is 0.802. The van der Waals surface area contributed by atoms with Crippen LogP contribution >= 0.6 is 11.6 Å². The number of benzene rings is 1. The Labute approximate surface area is 116 Å². The molecular formula is C13H14ClN3O2. The van der Waals surface area contributed by atoms with Gasteiger partial charge in [0.15, 0.2) is 17.6 Å². The van der Waals surface area contributed by atoms with E-state index in [9.17, 15) is 0 Å². The van der Waals surface area contributed by atoms with Gasteiger partial charge in [0.1, 0.15) is 6.61 Å². The third-order valence-corrected chi connectivity index (χ3v) is 3.08. The summed E-state index contributed by atoms with van der Waals surface area (Å²) in [6.45, 7) is 1.13. The van der Waals surface area contributed by atoms with E-state index in [4.69, 9.17) is 21.1 Å². The van der Waals surface area contributed by atoms with Gasteiger partial charge < -0.3 is 9.47 Å². The summed E-state index contributed by atoms with van der Waals surface area (Å²) in [5.41, 5.74) is 0.895. The van der Waals surface area contributed by atoms with E-state index in [1.54, 1.807) is 4.68 Å². The lowest BCUT2D eigenvalue weighted by Gasteiger charge is -2.26. The zero-order valence-corrected chi connectivity index (χ0v) is 11.1. The first kappa shape index (κ1) is 12.3. The Morgan fingerprint density at radius 2 is 2.16 bits per heavy atom. The van der Waals surface area contributed by atoms with Gasteiger partial charge in [-0.25, -0.2) is 4.68 Å². The molecule has 100 valence electrons. The molecule has 0 amide bonds. The molecule has 0 bridgehead atoms. The second-order valence-corrected chi connectivity index (χ2v) is 4.75. The van der Waals surface area contributed by atoms with Crippen molar-refractivity contribution in [2.75, 3.05) is 12.5 Å². The smallest absolute Gasteiger partial charge is 0.161 e. The van der Waals surface area contributed by atoms with E-state index in [0.717, 1.165) is 23.6 Å². The maximum atomic E-state index is 5.87. The SMILES string of the molecule is ClCCc1cn(CC2COc3ccccc3O2)nn1. The molecule has 2 aromatic rings.